The highest BCUT2D eigenvalue weighted by Crippen LogP contribution is 2.43. The molecule has 1 aliphatic carbocycles. The van der Waals surface area contributed by atoms with Crippen LogP contribution in [0.15, 0.2) is 18.2 Å². The topological polar surface area (TPSA) is 94.5 Å². The van der Waals surface area contributed by atoms with E-state index in [0.29, 0.717) is 37.1 Å². The summed E-state index contributed by atoms with van der Waals surface area (Å²) in [4.78, 5) is 27.2. The fourth-order valence-corrected chi connectivity index (χ4v) is 4.98. The van der Waals surface area contributed by atoms with Crippen molar-refractivity contribution < 1.29 is 18.7 Å². The first-order valence-electron chi connectivity index (χ1n) is 11.5. The zero-order valence-electron chi connectivity index (χ0n) is 19.3. The number of halogens is 1. The van der Waals surface area contributed by atoms with Gasteiger partial charge in [0.15, 0.2) is 5.96 Å². The second-order valence-electron chi connectivity index (χ2n) is 10.1. The summed E-state index contributed by atoms with van der Waals surface area (Å²) in [6, 6.07) is 4.06. The monoisotopic (exact) mass is 444 g/mol. The van der Waals surface area contributed by atoms with Gasteiger partial charge in [0.1, 0.15) is 17.2 Å². The van der Waals surface area contributed by atoms with Gasteiger partial charge < -0.3 is 15.4 Å². The van der Waals surface area contributed by atoms with E-state index in [9.17, 15) is 14.0 Å². The Labute approximate surface area is 188 Å². The molecular formula is C24H33FN4O3. The van der Waals surface area contributed by atoms with Gasteiger partial charge in [-0.05, 0) is 57.2 Å². The molecular weight excluding hydrogens is 411 g/mol. The third-order valence-electron chi connectivity index (χ3n) is 7.22. The molecule has 2 fully saturated rings. The van der Waals surface area contributed by atoms with Crippen LogP contribution < -0.4 is 15.4 Å². The molecule has 0 radical (unpaired) electrons. The van der Waals surface area contributed by atoms with Gasteiger partial charge in [0.2, 0.25) is 11.8 Å². The Kier molecular flexibility index (Phi) is 5.67. The third kappa shape index (κ3) is 4.32. The first-order valence-corrected chi connectivity index (χ1v) is 11.5. The van der Waals surface area contributed by atoms with Gasteiger partial charge >= 0.3 is 0 Å². The maximum atomic E-state index is 13.8. The van der Waals surface area contributed by atoms with Gasteiger partial charge in [0.05, 0.1) is 12.5 Å². The number of fused-ring (bicyclic) bond motifs is 1. The number of benzene rings is 1. The van der Waals surface area contributed by atoms with Crippen molar-refractivity contribution in [3.05, 3.63) is 29.6 Å². The summed E-state index contributed by atoms with van der Waals surface area (Å²) in [6.07, 6.45) is 3.15. The molecule has 1 aromatic carbocycles. The predicted molar refractivity (Wildman–Crippen MR) is 119 cm³/mol. The maximum Gasteiger partial charge on any atom is 0.231 e. The van der Waals surface area contributed by atoms with E-state index in [-0.39, 0.29) is 47.0 Å². The molecule has 1 saturated heterocycles. The number of amides is 2. The van der Waals surface area contributed by atoms with Crippen LogP contribution in [0, 0.1) is 23.1 Å². The van der Waals surface area contributed by atoms with Crippen molar-refractivity contribution >= 4 is 17.8 Å². The van der Waals surface area contributed by atoms with Crippen LogP contribution in [-0.4, -0.2) is 40.4 Å². The van der Waals surface area contributed by atoms with Crippen molar-refractivity contribution in [3.8, 4) is 5.75 Å². The zero-order valence-corrected chi connectivity index (χ0v) is 19.3. The number of rotatable bonds is 6. The van der Waals surface area contributed by atoms with Gasteiger partial charge in [-0.3, -0.25) is 19.9 Å². The molecule has 3 aliphatic rings. The number of nitrogens with one attached hydrogen (secondary N) is 3. The highest BCUT2D eigenvalue weighted by atomic mass is 19.1. The molecule has 2 amide bonds. The highest BCUT2D eigenvalue weighted by molar-refractivity contribution is 5.99. The number of guanidine groups is 1. The lowest BCUT2D eigenvalue weighted by Crippen LogP contribution is -2.62. The number of carbonyl (C=O) groups is 2. The van der Waals surface area contributed by atoms with Gasteiger partial charge in [-0.25, -0.2) is 4.39 Å². The normalized spacial score (nSPS) is 27.8. The van der Waals surface area contributed by atoms with Crippen LogP contribution in [0.4, 0.5) is 4.39 Å². The quantitative estimate of drug-likeness (QED) is 0.626. The van der Waals surface area contributed by atoms with E-state index in [2.05, 4.69) is 10.6 Å². The molecule has 174 valence electrons. The van der Waals surface area contributed by atoms with Crippen molar-refractivity contribution in [2.24, 2.45) is 11.8 Å². The first-order chi connectivity index (χ1) is 15.1. The molecule has 1 unspecified atom stereocenters. The highest BCUT2D eigenvalue weighted by Gasteiger charge is 2.48. The van der Waals surface area contributed by atoms with E-state index in [1.165, 1.54) is 17.0 Å². The van der Waals surface area contributed by atoms with Gasteiger partial charge in [0, 0.05) is 30.0 Å². The molecule has 4 rings (SSSR count). The number of ether oxygens (including phenoxy) is 1. The summed E-state index contributed by atoms with van der Waals surface area (Å²) < 4.78 is 19.8. The van der Waals surface area contributed by atoms with Crippen LogP contribution in [0.3, 0.4) is 0 Å². The molecule has 1 aromatic rings. The lowest BCUT2D eigenvalue weighted by Gasteiger charge is -2.42. The van der Waals surface area contributed by atoms with Crippen molar-refractivity contribution in [2.45, 2.75) is 77.0 Å². The fourth-order valence-electron chi connectivity index (χ4n) is 4.98. The summed E-state index contributed by atoms with van der Waals surface area (Å²) in [6.45, 7) is 8.32. The summed E-state index contributed by atoms with van der Waals surface area (Å²) in [5.74, 6) is 0.0350. The van der Waals surface area contributed by atoms with Crippen LogP contribution in [0.25, 0.3) is 0 Å². The average molecular weight is 445 g/mol. The average Bonchev–Trinajstić information content (AvgIpc) is 3.50. The first kappa shape index (κ1) is 22.6. The molecule has 3 atom stereocenters. The minimum absolute atomic E-state index is 0.0247. The van der Waals surface area contributed by atoms with Gasteiger partial charge in [-0.2, -0.15) is 0 Å². The number of carbonyl (C=O) groups excluding carboxylic acids is 2. The molecule has 0 aromatic heterocycles. The molecule has 2 heterocycles. The van der Waals surface area contributed by atoms with E-state index in [1.54, 1.807) is 6.07 Å². The fraction of sp³-hybridized carbons (Fsp3) is 0.625. The van der Waals surface area contributed by atoms with Crippen molar-refractivity contribution in [2.75, 3.05) is 6.54 Å². The molecule has 1 saturated carbocycles. The molecule has 2 aliphatic heterocycles. The van der Waals surface area contributed by atoms with E-state index >= 15 is 0 Å². The minimum Gasteiger partial charge on any atom is -0.487 e. The minimum atomic E-state index is -0.474. The Balaban J connectivity index is 1.38. The van der Waals surface area contributed by atoms with E-state index in [0.717, 1.165) is 12.8 Å². The molecule has 0 spiro atoms. The van der Waals surface area contributed by atoms with Gasteiger partial charge in [0.25, 0.3) is 0 Å². The number of nitrogens with zero attached hydrogens (tertiary/aromatic N) is 1. The molecule has 32 heavy (non-hydrogen) atoms. The number of hydrogen-bond donors (Lipinski definition) is 3. The van der Waals surface area contributed by atoms with Crippen LogP contribution in [0.5, 0.6) is 5.75 Å². The Hall–Kier alpha value is -2.64. The Morgan fingerprint density at radius 2 is 2.06 bits per heavy atom. The summed E-state index contributed by atoms with van der Waals surface area (Å²) in [7, 11) is 0. The predicted octanol–water partition coefficient (Wildman–Crippen LogP) is 3.50. The Morgan fingerprint density at radius 3 is 2.72 bits per heavy atom. The maximum absolute atomic E-state index is 13.8. The lowest BCUT2D eigenvalue weighted by atomic mass is 9.87. The Morgan fingerprint density at radius 1 is 1.34 bits per heavy atom. The van der Waals surface area contributed by atoms with E-state index in [4.69, 9.17) is 10.1 Å². The van der Waals surface area contributed by atoms with Crippen LogP contribution >= 0.6 is 0 Å². The Bertz CT molecular complexity index is 923. The van der Waals surface area contributed by atoms with Gasteiger partial charge in [-0.1, -0.05) is 13.8 Å². The molecule has 8 heteroatoms. The second-order valence-corrected chi connectivity index (χ2v) is 10.1. The van der Waals surface area contributed by atoms with Crippen LogP contribution in [-0.2, 0) is 9.59 Å². The second kappa shape index (κ2) is 8.05. The van der Waals surface area contributed by atoms with Crippen molar-refractivity contribution in [1.82, 2.24) is 15.5 Å². The summed E-state index contributed by atoms with van der Waals surface area (Å²) in [5, 5.41) is 14.6. The smallest absolute Gasteiger partial charge is 0.231 e. The largest absolute Gasteiger partial charge is 0.487 e. The van der Waals surface area contributed by atoms with E-state index in [1.807, 2.05) is 27.7 Å². The van der Waals surface area contributed by atoms with Crippen LogP contribution in [0.1, 0.15) is 71.4 Å². The molecule has 7 nitrogen and oxygen atoms in total. The van der Waals surface area contributed by atoms with Crippen molar-refractivity contribution in [1.29, 1.82) is 5.41 Å². The summed E-state index contributed by atoms with van der Waals surface area (Å²) >= 11 is 0. The number of hydrogen-bond acceptors (Lipinski definition) is 4. The van der Waals surface area contributed by atoms with Gasteiger partial charge in [-0.15, -0.1) is 0 Å². The molecule has 3 N–H and O–H groups in total. The SMILES string of the molecule is CCC1(CC)CC(=O)N(CC2C[C@H]2C(=O)N[C@H]2CC(C)(C)Oc3ccc(F)cc32)C(=N)N1. The molecule has 0 bridgehead atoms. The summed E-state index contributed by atoms with van der Waals surface area (Å²) in [5.41, 5.74) is -0.163. The van der Waals surface area contributed by atoms with Crippen LogP contribution in [0.2, 0.25) is 0 Å². The standard InChI is InChI=1S/C24H33FN4O3/c1-5-24(6-2)12-20(30)29(22(26)28-24)13-14-9-16(14)21(31)27-18-11-23(3,4)32-19-8-7-15(25)10-17(18)19/h7-8,10,14,16,18H,5-6,9,11-13H2,1-4H3,(H2,26,28)(H,27,31)/t14?,16-,18+/m1/s1. The van der Waals surface area contributed by atoms with E-state index < -0.39 is 5.60 Å². The third-order valence-corrected chi connectivity index (χ3v) is 7.22. The van der Waals surface area contributed by atoms with Crippen molar-refractivity contribution in [3.63, 3.8) is 0 Å². The zero-order chi connectivity index (χ0) is 23.3. The lowest BCUT2D eigenvalue weighted by molar-refractivity contribution is -0.131.